The van der Waals surface area contributed by atoms with Crippen LogP contribution in [-0.4, -0.2) is 12.5 Å². The summed E-state index contributed by atoms with van der Waals surface area (Å²) < 4.78 is 13.3. The van der Waals surface area contributed by atoms with Gasteiger partial charge in [0.15, 0.2) is 0 Å². The Balaban J connectivity index is 1.70. The monoisotopic (exact) mass is 249 g/mol. The Kier molecular flexibility index (Phi) is 4.73. The lowest BCUT2D eigenvalue weighted by molar-refractivity contribution is 0.0948. The Bertz CT molecular complexity index is 399. The van der Waals surface area contributed by atoms with E-state index in [1.165, 1.54) is 44.2 Å². The van der Waals surface area contributed by atoms with E-state index in [1.54, 1.807) is 12.1 Å². The Morgan fingerprint density at radius 1 is 1.28 bits per heavy atom. The Morgan fingerprint density at radius 2 is 2.00 bits per heavy atom. The van der Waals surface area contributed by atoms with Gasteiger partial charge < -0.3 is 5.32 Å². The normalized spacial score (nSPS) is 15.8. The minimum Gasteiger partial charge on any atom is -0.352 e. The second kappa shape index (κ2) is 6.53. The van der Waals surface area contributed by atoms with Crippen molar-refractivity contribution in [3.8, 4) is 0 Å². The molecule has 0 aliphatic heterocycles. The lowest BCUT2D eigenvalue weighted by Gasteiger charge is -2.09. The van der Waals surface area contributed by atoms with Crippen LogP contribution in [0.25, 0.3) is 0 Å². The van der Waals surface area contributed by atoms with Gasteiger partial charge in [0.25, 0.3) is 5.91 Å². The lowest BCUT2D eigenvalue weighted by Crippen LogP contribution is -2.25. The summed E-state index contributed by atoms with van der Waals surface area (Å²) in [6.07, 6.45) is 7.55. The summed E-state index contributed by atoms with van der Waals surface area (Å²) >= 11 is 0. The van der Waals surface area contributed by atoms with Crippen molar-refractivity contribution in [1.82, 2.24) is 5.32 Å². The highest BCUT2D eigenvalue weighted by Crippen LogP contribution is 2.28. The third-order valence-corrected chi connectivity index (χ3v) is 3.67. The van der Waals surface area contributed by atoms with Gasteiger partial charge >= 0.3 is 0 Å². The molecule has 0 unspecified atom stereocenters. The van der Waals surface area contributed by atoms with E-state index in [-0.39, 0.29) is 11.5 Å². The molecular weight excluding hydrogens is 229 g/mol. The van der Waals surface area contributed by atoms with Gasteiger partial charge in [0, 0.05) is 6.54 Å². The number of amides is 1. The van der Waals surface area contributed by atoms with Gasteiger partial charge in [-0.3, -0.25) is 4.79 Å². The van der Waals surface area contributed by atoms with Crippen molar-refractivity contribution in [3.05, 3.63) is 35.6 Å². The number of nitrogens with one attached hydrogen (secondary N) is 1. The molecule has 0 bridgehead atoms. The fraction of sp³-hybridized carbons (Fsp3) is 0.533. The van der Waals surface area contributed by atoms with Gasteiger partial charge in [0.05, 0.1) is 5.56 Å². The molecule has 0 saturated heterocycles. The van der Waals surface area contributed by atoms with E-state index in [1.807, 2.05) is 0 Å². The van der Waals surface area contributed by atoms with Gasteiger partial charge in [-0.1, -0.05) is 37.8 Å². The van der Waals surface area contributed by atoms with Gasteiger partial charge in [0.2, 0.25) is 0 Å². The molecule has 0 aromatic heterocycles. The van der Waals surface area contributed by atoms with Gasteiger partial charge in [-0.2, -0.15) is 0 Å². The number of benzene rings is 1. The predicted molar refractivity (Wildman–Crippen MR) is 69.9 cm³/mol. The van der Waals surface area contributed by atoms with Crippen molar-refractivity contribution in [1.29, 1.82) is 0 Å². The summed E-state index contributed by atoms with van der Waals surface area (Å²) in [5.41, 5.74) is 0.137. The van der Waals surface area contributed by atoms with E-state index in [2.05, 4.69) is 5.32 Å². The summed E-state index contributed by atoms with van der Waals surface area (Å²) in [4.78, 5) is 11.7. The van der Waals surface area contributed by atoms with Gasteiger partial charge in [0.1, 0.15) is 5.82 Å². The predicted octanol–water partition coefficient (Wildman–Crippen LogP) is 3.53. The van der Waals surface area contributed by atoms with Crippen LogP contribution in [0.1, 0.15) is 48.9 Å². The molecule has 1 N–H and O–H groups in total. The topological polar surface area (TPSA) is 29.1 Å². The number of halogens is 1. The molecule has 98 valence electrons. The van der Waals surface area contributed by atoms with Crippen molar-refractivity contribution in [3.63, 3.8) is 0 Å². The molecule has 1 aromatic carbocycles. The highest BCUT2D eigenvalue weighted by Gasteiger charge is 2.14. The molecule has 2 nitrogen and oxygen atoms in total. The first kappa shape index (κ1) is 13.1. The van der Waals surface area contributed by atoms with E-state index in [0.717, 1.165) is 12.3 Å². The molecule has 1 aromatic rings. The molecule has 1 saturated carbocycles. The molecule has 1 aliphatic carbocycles. The molecule has 0 atom stereocenters. The summed E-state index contributed by atoms with van der Waals surface area (Å²) in [6, 6.07) is 6.10. The Labute approximate surface area is 108 Å². The second-order valence-corrected chi connectivity index (χ2v) is 5.03. The largest absolute Gasteiger partial charge is 0.352 e. The third-order valence-electron chi connectivity index (χ3n) is 3.67. The maximum absolute atomic E-state index is 13.3. The number of carbonyl (C=O) groups excluding carboxylic acids is 1. The molecule has 18 heavy (non-hydrogen) atoms. The van der Waals surface area contributed by atoms with E-state index >= 15 is 0 Å². The van der Waals surface area contributed by atoms with Crippen molar-refractivity contribution in [2.24, 2.45) is 5.92 Å². The van der Waals surface area contributed by atoms with Gasteiger partial charge in [-0.15, -0.1) is 0 Å². The average molecular weight is 249 g/mol. The van der Waals surface area contributed by atoms with Crippen LogP contribution in [0.3, 0.4) is 0 Å². The minimum atomic E-state index is -0.453. The quantitative estimate of drug-likeness (QED) is 0.795. The molecule has 1 aliphatic rings. The summed E-state index contributed by atoms with van der Waals surface area (Å²) in [7, 11) is 0. The Morgan fingerprint density at radius 3 is 2.72 bits per heavy atom. The highest BCUT2D eigenvalue weighted by atomic mass is 19.1. The van der Waals surface area contributed by atoms with Crippen LogP contribution in [0, 0.1) is 11.7 Å². The minimum absolute atomic E-state index is 0.137. The lowest BCUT2D eigenvalue weighted by atomic mass is 10.0. The smallest absolute Gasteiger partial charge is 0.254 e. The molecule has 2 rings (SSSR count). The summed E-state index contributed by atoms with van der Waals surface area (Å²) in [5.74, 6) is 0.0840. The van der Waals surface area contributed by atoms with E-state index < -0.39 is 5.82 Å². The van der Waals surface area contributed by atoms with Crippen LogP contribution < -0.4 is 5.32 Å². The number of hydrogen-bond acceptors (Lipinski definition) is 1. The second-order valence-electron chi connectivity index (χ2n) is 5.03. The summed E-state index contributed by atoms with van der Waals surface area (Å²) in [6.45, 7) is 0.643. The number of carbonyl (C=O) groups is 1. The highest BCUT2D eigenvalue weighted by molar-refractivity contribution is 5.94. The molecule has 1 amide bonds. The fourth-order valence-corrected chi connectivity index (χ4v) is 2.63. The molecule has 0 radical (unpaired) electrons. The van der Waals surface area contributed by atoms with Gasteiger partial charge in [-0.25, -0.2) is 4.39 Å². The number of hydrogen-bond donors (Lipinski definition) is 1. The molecule has 3 heteroatoms. The maximum Gasteiger partial charge on any atom is 0.254 e. The van der Waals surface area contributed by atoms with Crippen molar-refractivity contribution in [2.45, 2.75) is 38.5 Å². The van der Waals surface area contributed by atoms with Crippen LogP contribution in [0.5, 0.6) is 0 Å². The Hall–Kier alpha value is -1.38. The van der Waals surface area contributed by atoms with E-state index in [0.29, 0.717) is 6.54 Å². The fourth-order valence-electron chi connectivity index (χ4n) is 2.63. The standard InChI is InChI=1S/C15H20FNO/c16-14-10-4-3-9-13(14)15(18)17-11-5-8-12-6-1-2-7-12/h3-4,9-10,12H,1-2,5-8,11H2,(H,17,18). The first-order valence-electron chi connectivity index (χ1n) is 6.80. The van der Waals surface area contributed by atoms with Crippen LogP contribution in [0.15, 0.2) is 24.3 Å². The van der Waals surface area contributed by atoms with Crippen molar-refractivity contribution >= 4 is 5.91 Å². The van der Waals surface area contributed by atoms with Crippen LogP contribution in [0.2, 0.25) is 0 Å². The molecule has 0 spiro atoms. The van der Waals surface area contributed by atoms with E-state index in [9.17, 15) is 9.18 Å². The number of rotatable bonds is 5. The molecule has 1 fully saturated rings. The zero-order valence-corrected chi connectivity index (χ0v) is 10.6. The average Bonchev–Trinajstić information content (AvgIpc) is 2.88. The molecular formula is C15H20FNO. The van der Waals surface area contributed by atoms with E-state index in [4.69, 9.17) is 0 Å². The maximum atomic E-state index is 13.3. The van der Waals surface area contributed by atoms with Crippen LogP contribution >= 0.6 is 0 Å². The summed E-state index contributed by atoms with van der Waals surface area (Å²) in [5, 5.41) is 2.78. The molecule has 0 heterocycles. The van der Waals surface area contributed by atoms with Gasteiger partial charge in [-0.05, 0) is 30.9 Å². The third kappa shape index (κ3) is 3.56. The SMILES string of the molecule is O=C(NCCCC1CCCC1)c1ccccc1F. The zero-order valence-electron chi connectivity index (χ0n) is 10.6. The van der Waals surface area contributed by atoms with Crippen molar-refractivity contribution < 1.29 is 9.18 Å². The first-order chi connectivity index (χ1) is 8.77. The zero-order chi connectivity index (χ0) is 12.8. The first-order valence-corrected chi connectivity index (χ1v) is 6.80. The van der Waals surface area contributed by atoms with Crippen LogP contribution in [0.4, 0.5) is 4.39 Å². The van der Waals surface area contributed by atoms with Crippen molar-refractivity contribution in [2.75, 3.05) is 6.54 Å². The van der Waals surface area contributed by atoms with Crippen LogP contribution in [-0.2, 0) is 0 Å².